The summed E-state index contributed by atoms with van der Waals surface area (Å²) in [6.07, 6.45) is 2.14. The summed E-state index contributed by atoms with van der Waals surface area (Å²) in [5, 5.41) is 21.0. The standard InChI is InChI=1S/C15H18FN7S/c1-3-4-9-23-13(17-20-21-23)10-24-15-19-18-14(22(15)2)11-5-7-12(16)8-6-11/h5-8H,3-4,9-10H2,1-2H3. The lowest BCUT2D eigenvalue weighted by Gasteiger charge is -2.05. The quantitative estimate of drug-likeness (QED) is 0.612. The van der Waals surface area contributed by atoms with E-state index in [1.165, 1.54) is 23.9 Å². The second-order valence-electron chi connectivity index (χ2n) is 5.33. The van der Waals surface area contributed by atoms with Gasteiger partial charge in [0.15, 0.2) is 16.8 Å². The molecule has 0 spiro atoms. The molecule has 0 unspecified atom stereocenters. The van der Waals surface area contributed by atoms with Crippen LogP contribution < -0.4 is 0 Å². The Kier molecular flexibility index (Phi) is 5.19. The van der Waals surface area contributed by atoms with E-state index in [9.17, 15) is 4.39 Å². The molecule has 0 N–H and O–H groups in total. The maximum atomic E-state index is 13.0. The molecule has 0 saturated heterocycles. The first-order valence-electron chi connectivity index (χ1n) is 7.72. The van der Waals surface area contributed by atoms with Gasteiger partial charge in [0.2, 0.25) is 0 Å². The molecule has 1 aromatic carbocycles. The predicted octanol–water partition coefficient (Wildman–Crippen LogP) is 2.70. The van der Waals surface area contributed by atoms with Gasteiger partial charge in [-0.3, -0.25) is 0 Å². The Labute approximate surface area is 143 Å². The van der Waals surface area contributed by atoms with Crippen LogP contribution in [0.15, 0.2) is 29.4 Å². The van der Waals surface area contributed by atoms with Crippen LogP contribution in [0.5, 0.6) is 0 Å². The van der Waals surface area contributed by atoms with E-state index in [2.05, 4.69) is 32.6 Å². The summed E-state index contributed by atoms with van der Waals surface area (Å²) in [6.45, 7) is 2.95. The molecule has 0 amide bonds. The lowest BCUT2D eigenvalue weighted by Crippen LogP contribution is -2.05. The van der Waals surface area contributed by atoms with Crippen molar-refractivity contribution in [2.45, 2.75) is 37.2 Å². The highest BCUT2D eigenvalue weighted by molar-refractivity contribution is 7.98. The van der Waals surface area contributed by atoms with E-state index < -0.39 is 0 Å². The number of rotatable bonds is 7. The van der Waals surface area contributed by atoms with Gasteiger partial charge in [0.05, 0.1) is 5.75 Å². The highest BCUT2D eigenvalue weighted by atomic mass is 32.2. The van der Waals surface area contributed by atoms with Crippen molar-refractivity contribution in [1.29, 1.82) is 0 Å². The van der Waals surface area contributed by atoms with Crippen LogP contribution in [0, 0.1) is 5.82 Å². The molecule has 0 aliphatic heterocycles. The summed E-state index contributed by atoms with van der Waals surface area (Å²) in [5.41, 5.74) is 0.825. The van der Waals surface area contributed by atoms with Gasteiger partial charge in [0.25, 0.3) is 0 Å². The fraction of sp³-hybridized carbons (Fsp3) is 0.400. The molecule has 0 bridgehead atoms. The average Bonchev–Trinajstić information content (AvgIpc) is 3.18. The van der Waals surface area contributed by atoms with Crippen LogP contribution in [-0.4, -0.2) is 35.0 Å². The summed E-state index contributed by atoms with van der Waals surface area (Å²) < 4.78 is 16.8. The molecule has 0 aliphatic carbocycles. The molecule has 0 saturated carbocycles. The Balaban J connectivity index is 1.71. The molecule has 9 heteroatoms. The van der Waals surface area contributed by atoms with Gasteiger partial charge in [-0.05, 0) is 41.1 Å². The Morgan fingerprint density at radius 3 is 2.67 bits per heavy atom. The van der Waals surface area contributed by atoms with Gasteiger partial charge in [0, 0.05) is 19.2 Å². The molecule has 126 valence electrons. The van der Waals surface area contributed by atoms with Crippen LogP contribution in [0.25, 0.3) is 11.4 Å². The summed E-state index contributed by atoms with van der Waals surface area (Å²) in [5.74, 6) is 1.86. The largest absolute Gasteiger partial charge is 0.305 e. The monoisotopic (exact) mass is 347 g/mol. The number of tetrazole rings is 1. The third-order valence-corrected chi connectivity index (χ3v) is 4.61. The van der Waals surface area contributed by atoms with Crippen LogP contribution in [0.3, 0.4) is 0 Å². The predicted molar refractivity (Wildman–Crippen MR) is 88.7 cm³/mol. The smallest absolute Gasteiger partial charge is 0.191 e. The third kappa shape index (κ3) is 3.61. The Morgan fingerprint density at radius 2 is 1.92 bits per heavy atom. The lowest BCUT2D eigenvalue weighted by molar-refractivity contribution is 0.540. The van der Waals surface area contributed by atoms with Gasteiger partial charge in [-0.1, -0.05) is 25.1 Å². The topological polar surface area (TPSA) is 74.3 Å². The number of aryl methyl sites for hydroxylation is 1. The minimum absolute atomic E-state index is 0.269. The van der Waals surface area contributed by atoms with Crippen LogP contribution in [0.1, 0.15) is 25.6 Å². The van der Waals surface area contributed by atoms with Crippen LogP contribution in [0.4, 0.5) is 4.39 Å². The maximum Gasteiger partial charge on any atom is 0.191 e. The zero-order valence-corrected chi connectivity index (χ0v) is 14.4. The van der Waals surface area contributed by atoms with E-state index in [1.54, 1.807) is 12.1 Å². The summed E-state index contributed by atoms with van der Waals surface area (Å²) >= 11 is 1.52. The Hall–Kier alpha value is -2.29. The van der Waals surface area contributed by atoms with Gasteiger partial charge in [-0.15, -0.1) is 15.3 Å². The van der Waals surface area contributed by atoms with E-state index in [4.69, 9.17) is 0 Å². The van der Waals surface area contributed by atoms with E-state index >= 15 is 0 Å². The molecular formula is C15H18FN7S. The molecule has 3 rings (SSSR count). The van der Waals surface area contributed by atoms with Gasteiger partial charge >= 0.3 is 0 Å². The SMILES string of the molecule is CCCCn1nnnc1CSc1nnc(-c2ccc(F)cc2)n1C. The van der Waals surface area contributed by atoms with Gasteiger partial charge in [-0.2, -0.15) is 0 Å². The molecule has 0 atom stereocenters. The molecular weight excluding hydrogens is 329 g/mol. The van der Waals surface area contributed by atoms with Crippen molar-refractivity contribution in [1.82, 2.24) is 35.0 Å². The first-order valence-corrected chi connectivity index (χ1v) is 8.70. The number of benzene rings is 1. The van der Waals surface area contributed by atoms with Crippen molar-refractivity contribution in [3.05, 3.63) is 35.9 Å². The molecule has 2 heterocycles. The van der Waals surface area contributed by atoms with E-state index in [0.29, 0.717) is 11.6 Å². The minimum Gasteiger partial charge on any atom is -0.305 e. The molecule has 0 fully saturated rings. The normalized spacial score (nSPS) is 11.1. The van der Waals surface area contributed by atoms with E-state index in [1.807, 2.05) is 16.3 Å². The maximum absolute atomic E-state index is 13.0. The van der Waals surface area contributed by atoms with Crippen LogP contribution in [0.2, 0.25) is 0 Å². The number of hydrogen-bond donors (Lipinski definition) is 0. The lowest BCUT2D eigenvalue weighted by atomic mass is 10.2. The van der Waals surface area contributed by atoms with Crippen LogP contribution >= 0.6 is 11.8 Å². The highest BCUT2D eigenvalue weighted by Gasteiger charge is 2.13. The number of nitrogens with zero attached hydrogens (tertiary/aromatic N) is 7. The second-order valence-corrected chi connectivity index (χ2v) is 6.28. The fourth-order valence-corrected chi connectivity index (χ4v) is 3.07. The number of hydrogen-bond acceptors (Lipinski definition) is 6. The molecule has 24 heavy (non-hydrogen) atoms. The molecule has 0 aliphatic rings. The molecule has 3 aromatic rings. The zero-order chi connectivity index (χ0) is 16.9. The highest BCUT2D eigenvalue weighted by Crippen LogP contribution is 2.24. The second kappa shape index (κ2) is 7.52. The van der Waals surface area contributed by atoms with Crippen molar-refractivity contribution in [3.63, 3.8) is 0 Å². The minimum atomic E-state index is -0.269. The first-order chi connectivity index (χ1) is 11.7. The number of halogens is 1. The third-order valence-electron chi connectivity index (χ3n) is 3.60. The zero-order valence-electron chi connectivity index (χ0n) is 13.6. The number of thioether (sulfide) groups is 1. The van der Waals surface area contributed by atoms with Gasteiger partial charge < -0.3 is 4.57 Å². The Morgan fingerprint density at radius 1 is 1.12 bits per heavy atom. The molecule has 2 aromatic heterocycles. The molecule has 0 radical (unpaired) electrons. The number of aromatic nitrogens is 7. The van der Waals surface area contributed by atoms with Crippen molar-refractivity contribution < 1.29 is 4.39 Å². The van der Waals surface area contributed by atoms with E-state index in [-0.39, 0.29) is 5.82 Å². The van der Waals surface area contributed by atoms with Gasteiger partial charge in [-0.25, -0.2) is 9.07 Å². The van der Waals surface area contributed by atoms with Crippen molar-refractivity contribution in [2.75, 3.05) is 0 Å². The van der Waals surface area contributed by atoms with Crippen LogP contribution in [-0.2, 0) is 19.3 Å². The average molecular weight is 347 g/mol. The summed E-state index contributed by atoms with van der Waals surface area (Å²) in [4.78, 5) is 0. The van der Waals surface area contributed by atoms with Crippen molar-refractivity contribution in [3.8, 4) is 11.4 Å². The fourth-order valence-electron chi connectivity index (χ4n) is 2.23. The van der Waals surface area contributed by atoms with E-state index in [0.717, 1.165) is 35.9 Å². The van der Waals surface area contributed by atoms with Crippen molar-refractivity contribution in [2.24, 2.45) is 7.05 Å². The van der Waals surface area contributed by atoms with Crippen molar-refractivity contribution >= 4 is 11.8 Å². The van der Waals surface area contributed by atoms with Gasteiger partial charge in [0.1, 0.15) is 5.82 Å². The summed E-state index contributed by atoms with van der Waals surface area (Å²) in [7, 11) is 1.89. The number of unbranched alkanes of at least 4 members (excludes halogenated alkanes) is 1. The Bertz CT molecular complexity index is 797. The molecule has 7 nitrogen and oxygen atoms in total. The summed E-state index contributed by atoms with van der Waals surface area (Å²) in [6, 6.07) is 6.22. The first kappa shape index (κ1) is 16.6.